The Labute approximate surface area is 73.4 Å². The van der Waals surface area contributed by atoms with Gasteiger partial charge in [-0.3, -0.25) is 9.46 Å². The van der Waals surface area contributed by atoms with Gasteiger partial charge in [-0.25, -0.2) is 0 Å². The Kier molecular flexibility index (Phi) is 2.66. The Morgan fingerprint density at radius 3 is 2.42 bits per heavy atom. The van der Waals surface area contributed by atoms with Crippen LogP contribution in [0.5, 0.6) is 0 Å². The first-order valence-corrected chi connectivity index (χ1v) is 4.27. The molecule has 0 bridgehead atoms. The van der Waals surface area contributed by atoms with Gasteiger partial charge in [0, 0.05) is 13.1 Å². The van der Waals surface area contributed by atoms with Gasteiger partial charge in [-0.05, 0) is 12.8 Å². The zero-order valence-corrected chi connectivity index (χ0v) is 7.81. The van der Waals surface area contributed by atoms with E-state index >= 15 is 0 Å². The third-order valence-electron chi connectivity index (χ3n) is 2.27. The zero-order valence-electron chi connectivity index (χ0n) is 6.66. The maximum atomic E-state index is 10.8. The summed E-state index contributed by atoms with van der Waals surface area (Å²) in [6, 6.07) is 1.90. The number of carbonyl (C=O) groups is 1. The third-order valence-corrected chi connectivity index (χ3v) is 2.79. The molecule has 1 fully saturated rings. The quantitative estimate of drug-likeness (QED) is 0.604. The van der Waals surface area contributed by atoms with Crippen molar-refractivity contribution >= 4 is 15.4 Å². The molecule has 66 valence electrons. The number of nitriles is 1. The normalized spacial score (nSPS) is 23.0. The van der Waals surface area contributed by atoms with Crippen molar-refractivity contribution in [2.24, 2.45) is 5.41 Å². The van der Waals surface area contributed by atoms with E-state index < -0.39 is 11.4 Å². The van der Waals surface area contributed by atoms with E-state index in [1.807, 2.05) is 10.7 Å². The molecule has 0 aliphatic carbocycles. The zero-order chi connectivity index (χ0) is 9.19. The summed E-state index contributed by atoms with van der Waals surface area (Å²) in [4.78, 5) is 10.8. The second kappa shape index (κ2) is 3.38. The summed E-state index contributed by atoms with van der Waals surface area (Å²) in [7, 11) is 2.52. The molecule has 0 saturated carbocycles. The van der Waals surface area contributed by atoms with E-state index in [9.17, 15) is 4.79 Å². The van der Waals surface area contributed by atoms with Gasteiger partial charge in [0.2, 0.25) is 0 Å². The number of hydrogen-bond donors (Lipinski definition) is 1. The van der Waals surface area contributed by atoms with Crippen LogP contribution >= 0.6 is 9.39 Å². The summed E-state index contributed by atoms with van der Waals surface area (Å²) in [5.41, 5.74) is -1.13. The topological polar surface area (TPSA) is 64.3 Å². The van der Waals surface area contributed by atoms with Crippen LogP contribution in [0.15, 0.2) is 0 Å². The number of piperidine rings is 1. The molecule has 0 amide bonds. The van der Waals surface area contributed by atoms with Crippen LogP contribution in [0.4, 0.5) is 0 Å². The summed E-state index contributed by atoms with van der Waals surface area (Å²) in [5.74, 6) is -0.983. The Morgan fingerprint density at radius 1 is 1.58 bits per heavy atom. The molecular weight excluding hydrogens is 175 g/mol. The van der Waals surface area contributed by atoms with Crippen molar-refractivity contribution in [1.82, 2.24) is 4.67 Å². The van der Waals surface area contributed by atoms with Gasteiger partial charge in [-0.15, -0.1) is 0 Å². The smallest absolute Gasteiger partial charge is 0.324 e. The van der Waals surface area contributed by atoms with Crippen molar-refractivity contribution in [1.29, 1.82) is 5.26 Å². The summed E-state index contributed by atoms with van der Waals surface area (Å²) in [6.45, 7) is 1.31. The molecule has 4 nitrogen and oxygen atoms in total. The van der Waals surface area contributed by atoms with E-state index in [2.05, 4.69) is 9.39 Å². The van der Waals surface area contributed by atoms with Gasteiger partial charge in [0.1, 0.15) is 0 Å². The summed E-state index contributed by atoms with van der Waals surface area (Å²) >= 11 is 0. The van der Waals surface area contributed by atoms with Crippen LogP contribution in [0.3, 0.4) is 0 Å². The fourth-order valence-electron chi connectivity index (χ4n) is 1.28. The van der Waals surface area contributed by atoms with Crippen LogP contribution in [0, 0.1) is 16.7 Å². The molecule has 0 spiro atoms. The molecule has 12 heavy (non-hydrogen) atoms. The first-order valence-electron chi connectivity index (χ1n) is 3.75. The Bertz CT molecular complexity index is 228. The average molecular weight is 186 g/mol. The molecule has 1 N–H and O–H groups in total. The summed E-state index contributed by atoms with van der Waals surface area (Å²) in [5, 5.41) is 17.6. The number of carboxylic acids is 1. The van der Waals surface area contributed by atoms with E-state index in [1.165, 1.54) is 0 Å². The molecule has 1 atom stereocenters. The highest BCUT2D eigenvalue weighted by Crippen LogP contribution is 2.31. The Balaban J connectivity index is 2.72. The van der Waals surface area contributed by atoms with Crippen LogP contribution in [-0.4, -0.2) is 28.8 Å². The number of hydrogen-bond acceptors (Lipinski definition) is 3. The highest BCUT2D eigenvalue weighted by molar-refractivity contribution is 7.13. The van der Waals surface area contributed by atoms with E-state index in [-0.39, 0.29) is 0 Å². The number of aliphatic carboxylic acids is 1. The standard InChI is InChI=1S/C7H11N2O2P/c8-5-7(6(10)11)1-3-9(12)4-2-7/h1-4,12H2,(H,10,11). The van der Waals surface area contributed by atoms with Crippen LogP contribution in [0.1, 0.15) is 12.8 Å². The highest BCUT2D eigenvalue weighted by atomic mass is 31.0. The molecule has 0 aromatic heterocycles. The van der Waals surface area contributed by atoms with E-state index in [0.29, 0.717) is 25.9 Å². The lowest BCUT2D eigenvalue weighted by Gasteiger charge is -2.31. The van der Waals surface area contributed by atoms with Crippen molar-refractivity contribution in [2.75, 3.05) is 13.1 Å². The molecule has 0 aromatic rings. The molecule has 0 radical (unpaired) electrons. The maximum Gasteiger partial charge on any atom is 0.324 e. The summed E-state index contributed by atoms with van der Waals surface area (Å²) in [6.07, 6.45) is 0.838. The highest BCUT2D eigenvalue weighted by Gasteiger charge is 2.41. The van der Waals surface area contributed by atoms with Crippen LogP contribution in [-0.2, 0) is 4.79 Å². The Morgan fingerprint density at radius 2 is 2.08 bits per heavy atom. The van der Waals surface area contributed by atoms with Crippen molar-refractivity contribution < 1.29 is 9.90 Å². The Hall–Kier alpha value is -0.650. The molecule has 1 rings (SSSR count). The van der Waals surface area contributed by atoms with Crippen LogP contribution in [0.25, 0.3) is 0 Å². The molecular formula is C7H11N2O2P. The van der Waals surface area contributed by atoms with Gasteiger partial charge in [0.25, 0.3) is 0 Å². The second-order valence-corrected chi connectivity index (χ2v) is 3.77. The molecule has 1 unspecified atom stereocenters. The lowest BCUT2D eigenvalue weighted by atomic mass is 9.81. The van der Waals surface area contributed by atoms with Gasteiger partial charge in [-0.1, -0.05) is 9.39 Å². The lowest BCUT2D eigenvalue weighted by Crippen LogP contribution is -2.40. The fraction of sp³-hybridized carbons (Fsp3) is 0.714. The minimum absolute atomic E-state index is 0.419. The largest absolute Gasteiger partial charge is 0.480 e. The molecule has 1 aliphatic heterocycles. The molecule has 1 saturated heterocycles. The monoisotopic (exact) mass is 186 g/mol. The molecule has 1 aliphatic rings. The predicted octanol–water partition coefficient (Wildman–Crippen LogP) is 0.467. The van der Waals surface area contributed by atoms with Gasteiger partial charge in [0.05, 0.1) is 6.07 Å². The van der Waals surface area contributed by atoms with Gasteiger partial charge < -0.3 is 5.11 Å². The van der Waals surface area contributed by atoms with Gasteiger partial charge in [0.15, 0.2) is 5.41 Å². The van der Waals surface area contributed by atoms with E-state index in [1.54, 1.807) is 0 Å². The van der Waals surface area contributed by atoms with Crippen molar-refractivity contribution in [3.05, 3.63) is 0 Å². The van der Waals surface area contributed by atoms with Gasteiger partial charge >= 0.3 is 5.97 Å². The van der Waals surface area contributed by atoms with Gasteiger partial charge in [-0.2, -0.15) is 5.26 Å². The van der Waals surface area contributed by atoms with Crippen LogP contribution in [0.2, 0.25) is 0 Å². The minimum Gasteiger partial charge on any atom is -0.480 e. The summed E-state index contributed by atoms with van der Waals surface area (Å²) < 4.78 is 1.96. The molecule has 0 aromatic carbocycles. The number of nitrogens with zero attached hydrogens (tertiary/aromatic N) is 2. The average Bonchev–Trinajstić information content (AvgIpc) is 2.06. The van der Waals surface area contributed by atoms with Crippen molar-refractivity contribution in [3.63, 3.8) is 0 Å². The third kappa shape index (κ3) is 1.57. The first-order chi connectivity index (χ1) is 5.60. The van der Waals surface area contributed by atoms with Crippen LogP contribution < -0.4 is 0 Å². The lowest BCUT2D eigenvalue weighted by molar-refractivity contribution is -0.147. The SMILES string of the molecule is N#CC1(C(=O)O)CCN(P)CC1. The maximum absolute atomic E-state index is 10.8. The molecule has 1 heterocycles. The fourth-order valence-corrected chi connectivity index (χ4v) is 1.54. The van der Waals surface area contributed by atoms with E-state index in [4.69, 9.17) is 10.4 Å². The first kappa shape index (κ1) is 9.44. The number of carboxylic acid groups (broad SMARTS) is 1. The molecule has 5 heteroatoms. The number of rotatable bonds is 1. The van der Waals surface area contributed by atoms with Crippen molar-refractivity contribution in [3.8, 4) is 6.07 Å². The second-order valence-electron chi connectivity index (χ2n) is 3.04. The predicted molar refractivity (Wildman–Crippen MR) is 46.2 cm³/mol. The minimum atomic E-state index is -1.13. The van der Waals surface area contributed by atoms with E-state index in [0.717, 1.165) is 0 Å². The van der Waals surface area contributed by atoms with Crippen molar-refractivity contribution in [2.45, 2.75) is 12.8 Å².